The van der Waals surface area contributed by atoms with Crippen molar-refractivity contribution >= 4 is 5.97 Å². The Labute approximate surface area is 71.3 Å². The van der Waals surface area contributed by atoms with Gasteiger partial charge in [-0.05, 0) is 11.6 Å². The molecule has 1 N–H and O–H groups in total. The van der Waals surface area contributed by atoms with E-state index >= 15 is 0 Å². The quantitative estimate of drug-likeness (QED) is 0.678. The van der Waals surface area contributed by atoms with Crippen LogP contribution in [0.4, 0.5) is 0 Å². The molecular formula is C9H11NO2. The van der Waals surface area contributed by atoms with Crippen molar-refractivity contribution in [2.24, 2.45) is 0 Å². The van der Waals surface area contributed by atoms with Gasteiger partial charge in [-0.3, -0.25) is 4.79 Å². The molecule has 0 amide bonds. The minimum Gasteiger partial charge on any atom is -0.480 e. The minimum atomic E-state index is -0.810. The van der Waals surface area contributed by atoms with E-state index in [4.69, 9.17) is 5.11 Å². The Morgan fingerprint density at radius 1 is 1.83 bits per heavy atom. The van der Waals surface area contributed by atoms with Crippen LogP contribution in [0, 0.1) is 0 Å². The number of aliphatic carboxylic acids is 1. The predicted octanol–water partition coefficient (Wildman–Crippen LogP) is 1.01. The zero-order valence-electron chi connectivity index (χ0n) is 6.73. The first-order chi connectivity index (χ1) is 5.72. The number of rotatable bonds is 3. The highest BCUT2D eigenvalue weighted by molar-refractivity contribution is 5.69. The molecule has 3 nitrogen and oxygen atoms in total. The van der Waals surface area contributed by atoms with E-state index in [0.29, 0.717) is 6.54 Å². The minimum absolute atomic E-state index is 0.0530. The largest absolute Gasteiger partial charge is 0.480 e. The van der Waals surface area contributed by atoms with Gasteiger partial charge in [0.1, 0.15) is 6.54 Å². The molecule has 0 saturated heterocycles. The average Bonchev–Trinajstić information content (AvgIpc) is 2.05. The molecule has 3 heteroatoms. The smallest absolute Gasteiger partial charge is 0.323 e. The third-order valence-corrected chi connectivity index (χ3v) is 1.61. The van der Waals surface area contributed by atoms with Gasteiger partial charge in [-0.1, -0.05) is 18.7 Å². The predicted molar refractivity (Wildman–Crippen MR) is 46.6 cm³/mol. The van der Waals surface area contributed by atoms with Crippen molar-refractivity contribution in [2.75, 3.05) is 13.1 Å². The summed E-state index contributed by atoms with van der Waals surface area (Å²) in [7, 11) is 0. The summed E-state index contributed by atoms with van der Waals surface area (Å²) in [6, 6.07) is 0. The van der Waals surface area contributed by atoms with Gasteiger partial charge in [0.15, 0.2) is 0 Å². The maximum Gasteiger partial charge on any atom is 0.323 e. The molecule has 1 heterocycles. The molecule has 0 unspecified atom stereocenters. The second-order valence-corrected chi connectivity index (χ2v) is 2.55. The first-order valence-electron chi connectivity index (χ1n) is 3.69. The van der Waals surface area contributed by atoms with Crippen molar-refractivity contribution in [3.8, 4) is 0 Å². The summed E-state index contributed by atoms with van der Waals surface area (Å²) in [4.78, 5) is 12.0. The lowest BCUT2D eigenvalue weighted by Crippen LogP contribution is -2.26. The second kappa shape index (κ2) is 3.76. The fraction of sp³-hybridized carbons (Fsp3) is 0.222. The van der Waals surface area contributed by atoms with Crippen molar-refractivity contribution in [2.45, 2.75) is 0 Å². The summed E-state index contributed by atoms with van der Waals surface area (Å²) in [6.07, 6.45) is 7.30. The molecule has 0 atom stereocenters. The molecule has 0 aromatic carbocycles. The highest BCUT2D eigenvalue weighted by Crippen LogP contribution is 2.06. The van der Waals surface area contributed by atoms with E-state index in [1.165, 1.54) is 0 Å². The van der Waals surface area contributed by atoms with Crippen molar-refractivity contribution in [3.63, 3.8) is 0 Å². The lowest BCUT2D eigenvalue weighted by Gasteiger charge is -2.19. The Bertz CT molecular complexity index is 253. The van der Waals surface area contributed by atoms with Crippen LogP contribution in [0.25, 0.3) is 0 Å². The van der Waals surface area contributed by atoms with Crippen LogP contribution in [0.15, 0.2) is 36.6 Å². The zero-order chi connectivity index (χ0) is 8.97. The molecule has 0 saturated carbocycles. The second-order valence-electron chi connectivity index (χ2n) is 2.55. The zero-order valence-corrected chi connectivity index (χ0v) is 6.73. The fourth-order valence-corrected chi connectivity index (χ4v) is 0.985. The summed E-state index contributed by atoms with van der Waals surface area (Å²) >= 11 is 0. The molecule has 0 radical (unpaired) electrons. The van der Waals surface area contributed by atoms with Crippen LogP contribution >= 0.6 is 0 Å². The van der Waals surface area contributed by atoms with Crippen LogP contribution in [0.2, 0.25) is 0 Å². The Hall–Kier alpha value is -1.51. The number of allylic oxidation sites excluding steroid dienone is 3. The van der Waals surface area contributed by atoms with E-state index in [1.807, 2.05) is 12.2 Å². The lowest BCUT2D eigenvalue weighted by atomic mass is 10.2. The first kappa shape index (κ1) is 8.59. The SMILES string of the molecule is C=CC1=CCN(CC(=O)O)C=C1. The van der Waals surface area contributed by atoms with Crippen LogP contribution in [-0.4, -0.2) is 29.1 Å². The van der Waals surface area contributed by atoms with E-state index in [1.54, 1.807) is 17.2 Å². The van der Waals surface area contributed by atoms with E-state index in [0.717, 1.165) is 5.57 Å². The van der Waals surface area contributed by atoms with Gasteiger partial charge in [0.2, 0.25) is 0 Å². The van der Waals surface area contributed by atoms with Gasteiger partial charge in [-0.25, -0.2) is 0 Å². The van der Waals surface area contributed by atoms with Gasteiger partial charge in [-0.2, -0.15) is 0 Å². The Morgan fingerprint density at radius 2 is 2.58 bits per heavy atom. The van der Waals surface area contributed by atoms with Gasteiger partial charge in [0.05, 0.1) is 0 Å². The monoisotopic (exact) mass is 165 g/mol. The Morgan fingerprint density at radius 3 is 3.00 bits per heavy atom. The van der Waals surface area contributed by atoms with E-state index in [9.17, 15) is 4.79 Å². The van der Waals surface area contributed by atoms with Crippen LogP contribution in [0.3, 0.4) is 0 Å². The summed E-state index contributed by atoms with van der Waals surface area (Å²) in [6.45, 7) is 4.31. The van der Waals surface area contributed by atoms with Gasteiger partial charge < -0.3 is 10.0 Å². The van der Waals surface area contributed by atoms with Gasteiger partial charge >= 0.3 is 5.97 Å². The molecule has 1 rings (SSSR count). The van der Waals surface area contributed by atoms with Crippen molar-refractivity contribution < 1.29 is 9.90 Å². The number of nitrogens with zero attached hydrogens (tertiary/aromatic N) is 1. The lowest BCUT2D eigenvalue weighted by molar-refractivity contribution is -0.137. The maximum atomic E-state index is 10.3. The third kappa shape index (κ3) is 2.27. The molecular weight excluding hydrogens is 154 g/mol. The van der Waals surface area contributed by atoms with E-state index < -0.39 is 5.97 Å². The number of hydrogen-bond donors (Lipinski definition) is 1. The Balaban J connectivity index is 2.48. The molecule has 0 aromatic heterocycles. The number of hydrogen-bond acceptors (Lipinski definition) is 2. The molecule has 1 aliphatic rings. The summed E-state index contributed by atoms with van der Waals surface area (Å²) < 4.78 is 0. The summed E-state index contributed by atoms with van der Waals surface area (Å²) in [5.41, 5.74) is 1.04. The van der Waals surface area contributed by atoms with Crippen molar-refractivity contribution in [1.29, 1.82) is 0 Å². The average molecular weight is 165 g/mol. The first-order valence-corrected chi connectivity index (χ1v) is 3.69. The van der Waals surface area contributed by atoms with E-state index in [-0.39, 0.29) is 6.54 Å². The van der Waals surface area contributed by atoms with Gasteiger partial charge in [0, 0.05) is 12.7 Å². The van der Waals surface area contributed by atoms with Crippen LogP contribution < -0.4 is 0 Å². The third-order valence-electron chi connectivity index (χ3n) is 1.61. The summed E-state index contributed by atoms with van der Waals surface area (Å²) in [5.74, 6) is -0.810. The van der Waals surface area contributed by atoms with Crippen molar-refractivity contribution in [1.82, 2.24) is 4.90 Å². The standard InChI is InChI=1S/C9H11NO2/c1-2-8-3-5-10(6-4-8)7-9(11)12/h2-5H,1,6-7H2,(H,11,12). The molecule has 0 spiro atoms. The normalized spacial score (nSPS) is 15.7. The highest BCUT2D eigenvalue weighted by atomic mass is 16.4. The van der Waals surface area contributed by atoms with Crippen LogP contribution in [0.1, 0.15) is 0 Å². The topological polar surface area (TPSA) is 40.5 Å². The molecule has 0 aliphatic carbocycles. The fourth-order valence-electron chi connectivity index (χ4n) is 0.985. The molecule has 1 aliphatic heterocycles. The number of carboxylic acids is 1. The van der Waals surface area contributed by atoms with Crippen LogP contribution in [0.5, 0.6) is 0 Å². The number of carboxylic acid groups (broad SMARTS) is 1. The highest BCUT2D eigenvalue weighted by Gasteiger charge is 2.05. The number of carbonyl (C=O) groups is 1. The van der Waals surface area contributed by atoms with Gasteiger partial charge in [0.25, 0.3) is 0 Å². The Kier molecular flexibility index (Phi) is 2.69. The molecule has 64 valence electrons. The van der Waals surface area contributed by atoms with Gasteiger partial charge in [-0.15, -0.1) is 0 Å². The molecule has 0 fully saturated rings. The molecule has 0 bridgehead atoms. The molecule has 0 aromatic rings. The molecule has 12 heavy (non-hydrogen) atoms. The summed E-state index contributed by atoms with van der Waals surface area (Å²) in [5, 5.41) is 8.47. The van der Waals surface area contributed by atoms with Crippen molar-refractivity contribution in [3.05, 3.63) is 36.6 Å². The maximum absolute atomic E-state index is 10.3. The van der Waals surface area contributed by atoms with Crippen LogP contribution in [-0.2, 0) is 4.79 Å². The van der Waals surface area contributed by atoms with E-state index in [2.05, 4.69) is 6.58 Å².